The number of hydrogen-bond acceptors (Lipinski definition) is 4. The smallest absolute Gasteiger partial charge is 0.214 e. The normalized spacial score (nSPS) is 21.1. The van der Waals surface area contributed by atoms with Crippen LogP contribution >= 0.6 is 0 Å². The van der Waals surface area contributed by atoms with E-state index in [1.165, 1.54) is 0 Å². The molecule has 0 amide bonds. The Labute approximate surface area is 111 Å². The van der Waals surface area contributed by atoms with E-state index in [0.717, 1.165) is 12.8 Å². The molecule has 1 rings (SSSR count). The third kappa shape index (κ3) is 4.84. The van der Waals surface area contributed by atoms with Gasteiger partial charge in [0.15, 0.2) is 0 Å². The molecule has 0 radical (unpaired) electrons. The van der Waals surface area contributed by atoms with Crippen LogP contribution in [-0.2, 0) is 14.8 Å². The molecule has 1 unspecified atom stereocenters. The van der Waals surface area contributed by atoms with Crippen LogP contribution in [0.5, 0.6) is 0 Å². The predicted molar refractivity (Wildman–Crippen MR) is 73.1 cm³/mol. The summed E-state index contributed by atoms with van der Waals surface area (Å²) in [5.74, 6) is 0.269. The molecule has 1 atom stereocenters. The van der Waals surface area contributed by atoms with E-state index in [9.17, 15) is 8.42 Å². The van der Waals surface area contributed by atoms with Crippen molar-refractivity contribution in [3.05, 3.63) is 0 Å². The molecule has 1 aliphatic heterocycles. The highest BCUT2D eigenvalue weighted by atomic mass is 32.2. The molecular formula is C12H26N2O3S. The topological polar surface area (TPSA) is 58.6 Å². The molecule has 1 fully saturated rings. The van der Waals surface area contributed by atoms with Gasteiger partial charge in [0, 0.05) is 32.3 Å². The third-order valence-corrected chi connectivity index (χ3v) is 5.32. The van der Waals surface area contributed by atoms with Crippen molar-refractivity contribution < 1.29 is 13.2 Å². The molecule has 0 aliphatic carbocycles. The lowest BCUT2D eigenvalue weighted by atomic mass is 10.1. The molecule has 0 spiro atoms. The number of rotatable bonds is 7. The lowest BCUT2D eigenvalue weighted by molar-refractivity contribution is 0.159. The second-order valence-corrected chi connectivity index (χ2v) is 7.10. The molecule has 0 aromatic heterocycles. The molecular weight excluding hydrogens is 252 g/mol. The summed E-state index contributed by atoms with van der Waals surface area (Å²) < 4.78 is 30.5. The summed E-state index contributed by atoms with van der Waals surface area (Å²) in [5, 5.41) is 3.48. The lowest BCUT2D eigenvalue weighted by Gasteiger charge is -2.33. The molecule has 0 bridgehead atoms. The third-order valence-electron chi connectivity index (χ3n) is 3.25. The molecule has 1 aliphatic rings. The van der Waals surface area contributed by atoms with Gasteiger partial charge < -0.3 is 10.1 Å². The number of piperidine rings is 1. The molecule has 0 aromatic carbocycles. The van der Waals surface area contributed by atoms with Crippen LogP contribution in [-0.4, -0.2) is 57.4 Å². The van der Waals surface area contributed by atoms with E-state index < -0.39 is 10.0 Å². The van der Waals surface area contributed by atoms with E-state index in [1.807, 2.05) is 6.92 Å². The maximum atomic E-state index is 11.9. The van der Waals surface area contributed by atoms with Crippen molar-refractivity contribution in [2.75, 3.05) is 32.6 Å². The second-order valence-electron chi connectivity index (χ2n) is 5.01. The zero-order chi connectivity index (χ0) is 13.6. The summed E-state index contributed by atoms with van der Waals surface area (Å²) in [6, 6.07) is 0.724. The lowest BCUT2D eigenvalue weighted by Crippen LogP contribution is -2.48. The summed E-state index contributed by atoms with van der Waals surface area (Å²) in [6.45, 7) is 5.95. The van der Waals surface area contributed by atoms with Crippen molar-refractivity contribution in [2.45, 2.75) is 45.2 Å². The Hall–Kier alpha value is -0.170. The van der Waals surface area contributed by atoms with Crippen LogP contribution in [0.15, 0.2) is 0 Å². The molecule has 18 heavy (non-hydrogen) atoms. The van der Waals surface area contributed by atoms with Crippen molar-refractivity contribution >= 4 is 10.0 Å². The maximum Gasteiger partial charge on any atom is 0.214 e. The first-order valence-corrected chi connectivity index (χ1v) is 8.33. The Balaban J connectivity index is 2.37. The Morgan fingerprint density at radius 2 is 2.00 bits per heavy atom. The van der Waals surface area contributed by atoms with Crippen LogP contribution in [0.1, 0.15) is 33.1 Å². The summed E-state index contributed by atoms with van der Waals surface area (Å²) in [6.07, 6.45) is 2.46. The average molecular weight is 278 g/mol. The number of nitrogens with one attached hydrogen (secondary N) is 1. The number of methoxy groups -OCH3 is 1. The molecule has 0 saturated carbocycles. The fraction of sp³-hybridized carbons (Fsp3) is 1.00. The van der Waals surface area contributed by atoms with E-state index in [1.54, 1.807) is 11.4 Å². The fourth-order valence-electron chi connectivity index (χ4n) is 2.39. The Bertz CT molecular complexity index is 324. The van der Waals surface area contributed by atoms with Gasteiger partial charge in [-0.2, -0.15) is 0 Å². The van der Waals surface area contributed by atoms with E-state index in [0.29, 0.717) is 38.2 Å². The monoisotopic (exact) mass is 278 g/mol. The van der Waals surface area contributed by atoms with Crippen LogP contribution < -0.4 is 5.32 Å². The fourth-order valence-corrected chi connectivity index (χ4v) is 3.93. The highest BCUT2D eigenvalue weighted by Crippen LogP contribution is 2.15. The standard InChI is InChI=1S/C12H26N2O3S/c1-4-9-18(15,16)14-7-5-12(6-8-14)13-11(2)10-17-3/h11-13H,4-10H2,1-3H3. The van der Waals surface area contributed by atoms with Gasteiger partial charge in [-0.1, -0.05) is 6.92 Å². The molecule has 1 saturated heterocycles. The zero-order valence-corrected chi connectivity index (χ0v) is 12.5. The van der Waals surface area contributed by atoms with Gasteiger partial charge in [-0.25, -0.2) is 12.7 Å². The van der Waals surface area contributed by atoms with Gasteiger partial charge in [0.1, 0.15) is 0 Å². The van der Waals surface area contributed by atoms with E-state index >= 15 is 0 Å². The molecule has 0 aromatic rings. The van der Waals surface area contributed by atoms with Crippen LogP contribution in [0, 0.1) is 0 Å². The Morgan fingerprint density at radius 1 is 1.39 bits per heavy atom. The minimum absolute atomic E-state index is 0.269. The Kier molecular flexibility index (Phi) is 6.55. The zero-order valence-electron chi connectivity index (χ0n) is 11.7. The Morgan fingerprint density at radius 3 is 2.50 bits per heavy atom. The minimum atomic E-state index is -3.01. The molecule has 1 heterocycles. The van der Waals surface area contributed by atoms with E-state index in [2.05, 4.69) is 12.2 Å². The quantitative estimate of drug-likeness (QED) is 0.749. The van der Waals surface area contributed by atoms with Crippen LogP contribution in [0.4, 0.5) is 0 Å². The van der Waals surface area contributed by atoms with Gasteiger partial charge in [-0.3, -0.25) is 0 Å². The van der Waals surface area contributed by atoms with Gasteiger partial charge in [-0.05, 0) is 26.2 Å². The number of sulfonamides is 1. The largest absolute Gasteiger partial charge is 0.383 e. The van der Waals surface area contributed by atoms with Gasteiger partial charge >= 0.3 is 0 Å². The predicted octanol–water partition coefficient (Wildman–Crippen LogP) is 0.815. The maximum absolute atomic E-state index is 11.9. The van der Waals surface area contributed by atoms with Crippen molar-refractivity contribution in [1.29, 1.82) is 0 Å². The van der Waals surface area contributed by atoms with Crippen molar-refractivity contribution in [2.24, 2.45) is 0 Å². The van der Waals surface area contributed by atoms with E-state index in [-0.39, 0.29) is 5.75 Å². The number of nitrogens with zero attached hydrogens (tertiary/aromatic N) is 1. The molecule has 5 nitrogen and oxygen atoms in total. The number of ether oxygens (including phenoxy) is 1. The van der Waals surface area contributed by atoms with Gasteiger partial charge in [0.25, 0.3) is 0 Å². The average Bonchev–Trinajstić information content (AvgIpc) is 2.30. The summed E-state index contributed by atoms with van der Waals surface area (Å²) in [7, 11) is -1.32. The first kappa shape index (κ1) is 15.9. The minimum Gasteiger partial charge on any atom is -0.383 e. The van der Waals surface area contributed by atoms with Gasteiger partial charge in [-0.15, -0.1) is 0 Å². The highest BCUT2D eigenvalue weighted by molar-refractivity contribution is 7.89. The van der Waals surface area contributed by atoms with Crippen LogP contribution in [0.2, 0.25) is 0 Å². The van der Waals surface area contributed by atoms with Crippen LogP contribution in [0.25, 0.3) is 0 Å². The van der Waals surface area contributed by atoms with Crippen molar-refractivity contribution in [3.63, 3.8) is 0 Å². The molecule has 108 valence electrons. The van der Waals surface area contributed by atoms with Gasteiger partial charge in [0.2, 0.25) is 10.0 Å². The SMILES string of the molecule is CCCS(=O)(=O)N1CCC(NC(C)COC)CC1. The number of hydrogen-bond donors (Lipinski definition) is 1. The van der Waals surface area contributed by atoms with Crippen molar-refractivity contribution in [1.82, 2.24) is 9.62 Å². The summed E-state index contributed by atoms with van der Waals surface area (Å²) in [4.78, 5) is 0. The highest BCUT2D eigenvalue weighted by Gasteiger charge is 2.27. The summed E-state index contributed by atoms with van der Waals surface area (Å²) in [5.41, 5.74) is 0. The van der Waals surface area contributed by atoms with E-state index in [4.69, 9.17) is 4.74 Å². The summed E-state index contributed by atoms with van der Waals surface area (Å²) >= 11 is 0. The molecule has 1 N–H and O–H groups in total. The first-order valence-electron chi connectivity index (χ1n) is 6.72. The van der Waals surface area contributed by atoms with Gasteiger partial charge in [0.05, 0.1) is 12.4 Å². The first-order chi connectivity index (χ1) is 8.49. The van der Waals surface area contributed by atoms with Crippen molar-refractivity contribution in [3.8, 4) is 0 Å². The van der Waals surface area contributed by atoms with Crippen LogP contribution in [0.3, 0.4) is 0 Å². The molecule has 6 heteroatoms. The second kappa shape index (κ2) is 7.43.